The van der Waals surface area contributed by atoms with Crippen LogP contribution in [0.15, 0.2) is 24.3 Å². The van der Waals surface area contributed by atoms with E-state index in [1.165, 1.54) is 22.6 Å². The second-order valence-corrected chi connectivity index (χ2v) is 6.28. The highest BCUT2D eigenvalue weighted by Gasteiger charge is 2.18. The predicted octanol–water partition coefficient (Wildman–Crippen LogP) is 4.09. The van der Waals surface area contributed by atoms with Gasteiger partial charge in [-0.05, 0) is 36.6 Å². The van der Waals surface area contributed by atoms with Gasteiger partial charge in [-0.3, -0.25) is 5.10 Å². The van der Waals surface area contributed by atoms with Crippen molar-refractivity contribution in [3.63, 3.8) is 0 Å². The number of carboxylic acid groups (broad SMARTS) is 1. The molecule has 2 aromatic heterocycles. The number of fused-ring (bicyclic) bond motifs is 2. The number of halogens is 1. The van der Waals surface area contributed by atoms with Gasteiger partial charge in [0.25, 0.3) is 0 Å². The van der Waals surface area contributed by atoms with Crippen molar-refractivity contribution in [3.05, 3.63) is 46.1 Å². The smallest absolute Gasteiger partial charge is 0.338 e. The van der Waals surface area contributed by atoms with Gasteiger partial charge in [-0.2, -0.15) is 5.10 Å². The largest absolute Gasteiger partial charge is 0.478 e. The molecular formula is C16H11FN2O2S. The molecule has 6 heteroatoms. The molecule has 0 saturated carbocycles. The zero-order chi connectivity index (χ0) is 15.3. The molecule has 0 amide bonds. The number of nitrogens with zero attached hydrogens (tertiary/aromatic N) is 1. The molecule has 110 valence electrons. The van der Waals surface area contributed by atoms with Crippen molar-refractivity contribution in [1.82, 2.24) is 10.2 Å². The normalized spacial score (nSPS) is 13.5. The summed E-state index contributed by atoms with van der Waals surface area (Å²) in [5.74, 6) is -2.04. The first-order chi connectivity index (χ1) is 10.6. The molecular weight excluding hydrogens is 303 g/mol. The number of hydrogen-bond donors (Lipinski definition) is 2. The lowest BCUT2D eigenvalue weighted by molar-refractivity contribution is 0.0692. The Balaban J connectivity index is 1.92. The molecule has 0 aliphatic heterocycles. The van der Waals surface area contributed by atoms with Gasteiger partial charge in [-0.25, -0.2) is 9.18 Å². The summed E-state index contributed by atoms with van der Waals surface area (Å²) in [5.41, 5.74) is 2.11. The molecule has 2 heterocycles. The number of carbonyl (C=O) groups is 1. The van der Waals surface area contributed by atoms with Crippen LogP contribution in [0.4, 0.5) is 4.39 Å². The number of rotatable bonds is 2. The standard InChI is InChI=1S/C16H11FN2O2S/c17-11-7-12-10(6-9(11)16(20)21)15(19-18-12)14-5-8-3-1-2-4-13(8)22-14/h2,4-7H,1,3H2,(H,18,19)(H,20,21). The van der Waals surface area contributed by atoms with Crippen molar-refractivity contribution in [2.75, 3.05) is 0 Å². The number of aryl methyl sites for hydroxylation is 1. The van der Waals surface area contributed by atoms with Crippen LogP contribution in [0.25, 0.3) is 27.6 Å². The molecule has 0 bridgehead atoms. The molecule has 22 heavy (non-hydrogen) atoms. The van der Waals surface area contributed by atoms with Gasteiger partial charge in [-0.15, -0.1) is 11.3 Å². The van der Waals surface area contributed by atoms with Gasteiger partial charge < -0.3 is 5.11 Å². The van der Waals surface area contributed by atoms with Crippen LogP contribution in [0, 0.1) is 5.82 Å². The summed E-state index contributed by atoms with van der Waals surface area (Å²) in [5, 5.41) is 16.7. The van der Waals surface area contributed by atoms with Crippen LogP contribution in [0.2, 0.25) is 0 Å². The van der Waals surface area contributed by atoms with Crippen LogP contribution in [0.1, 0.15) is 27.2 Å². The van der Waals surface area contributed by atoms with Gasteiger partial charge in [0.1, 0.15) is 11.5 Å². The third kappa shape index (κ3) is 1.95. The third-order valence-corrected chi connectivity index (χ3v) is 4.95. The molecule has 3 aromatic rings. The number of nitrogens with one attached hydrogen (secondary N) is 1. The van der Waals surface area contributed by atoms with Gasteiger partial charge in [-0.1, -0.05) is 6.08 Å². The maximum atomic E-state index is 13.7. The Morgan fingerprint density at radius 1 is 1.36 bits per heavy atom. The minimum absolute atomic E-state index is 0.337. The molecule has 1 aliphatic rings. The number of carboxylic acids is 1. The summed E-state index contributed by atoms with van der Waals surface area (Å²) in [4.78, 5) is 13.3. The fraction of sp³-hybridized carbons (Fsp3) is 0.125. The van der Waals surface area contributed by atoms with Gasteiger partial charge in [0.05, 0.1) is 16.0 Å². The van der Waals surface area contributed by atoms with E-state index >= 15 is 0 Å². The number of H-pyrrole nitrogens is 1. The highest BCUT2D eigenvalue weighted by molar-refractivity contribution is 7.16. The number of aromatic amines is 1. The number of aromatic carboxylic acids is 1. The Kier molecular flexibility index (Phi) is 2.87. The van der Waals surface area contributed by atoms with Crippen molar-refractivity contribution in [1.29, 1.82) is 0 Å². The maximum absolute atomic E-state index is 13.7. The van der Waals surface area contributed by atoms with Gasteiger partial charge in [0, 0.05) is 16.3 Å². The van der Waals surface area contributed by atoms with E-state index in [0.29, 0.717) is 16.6 Å². The maximum Gasteiger partial charge on any atom is 0.338 e. The number of allylic oxidation sites excluding steroid dienone is 1. The van der Waals surface area contributed by atoms with Crippen LogP contribution < -0.4 is 0 Å². The Bertz CT molecular complexity index is 939. The predicted molar refractivity (Wildman–Crippen MR) is 83.7 cm³/mol. The molecule has 4 rings (SSSR count). The van der Waals surface area contributed by atoms with Crippen LogP contribution in [-0.2, 0) is 6.42 Å². The van der Waals surface area contributed by atoms with Gasteiger partial charge >= 0.3 is 5.97 Å². The summed E-state index contributed by atoms with van der Waals surface area (Å²) in [6.45, 7) is 0. The molecule has 0 unspecified atom stereocenters. The van der Waals surface area contributed by atoms with Crippen LogP contribution in [0.3, 0.4) is 0 Å². The second kappa shape index (κ2) is 4.78. The van der Waals surface area contributed by atoms with Crippen LogP contribution >= 0.6 is 11.3 Å². The highest BCUT2D eigenvalue weighted by Crippen LogP contribution is 2.37. The van der Waals surface area contributed by atoms with Crippen molar-refractivity contribution >= 4 is 34.3 Å². The molecule has 2 N–H and O–H groups in total. The topological polar surface area (TPSA) is 66.0 Å². The second-order valence-electron chi connectivity index (χ2n) is 5.20. The molecule has 1 aromatic carbocycles. The van der Waals surface area contributed by atoms with Crippen LogP contribution in [0.5, 0.6) is 0 Å². The molecule has 0 saturated heterocycles. The van der Waals surface area contributed by atoms with Crippen molar-refractivity contribution in [2.24, 2.45) is 0 Å². The summed E-state index contributed by atoms with van der Waals surface area (Å²) < 4.78 is 13.7. The van der Waals surface area contributed by atoms with Crippen molar-refractivity contribution < 1.29 is 14.3 Å². The van der Waals surface area contributed by atoms with E-state index in [2.05, 4.69) is 28.4 Å². The lowest BCUT2D eigenvalue weighted by Crippen LogP contribution is -1.99. The average Bonchev–Trinajstić information content (AvgIpc) is 3.08. The summed E-state index contributed by atoms with van der Waals surface area (Å²) in [6, 6.07) is 4.62. The Labute approximate surface area is 128 Å². The minimum Gasteiger partial charge on any atom is -0.478 e. The molecule has 0 radical (unpaired) electrons. The zero-order valence-electron chi connectivity index (χ0n) is 11.4. The first kappa shape index (κ1) is 13.2. The molecule has 0 fully saturated rings. The van der Waals surface area contributed by atoms with E-state index in [4.69, 9.17) is 5.11 Å². The van der Waals surface area contributed by atoms with E-state index in [9.17, 15) is 9.18 Å². The Morgan fingerprint density at radius 3 is 3.00 bits per heavy atom. The minimum atomic E-state index is -1.28. The number of hydrogen-bond acceptors (Lipinski definition) is 3. The lowest BCUT2D eigenvalue weighted by atomic mass is 10.0. The van der Waals surface area contributed by atoms with Crippen molar-refractivity contribution in [3.8, 4) is 10.6 Å². The first-order valence-electron chi connectivity index (χ1n) is 6.84. The van der Waals surface area contributed by atoms with Crippen molar-refractivity contribution in [2.45, 2.75) is 12.8 Å². The lowest BCUT2D eigenvalue weighted by Gasteiger charge is -2.01. The van der Waals surface area contributed by atoms with E-state index in [1.54, 1.807) is 11.3 Å². The molecule has 0 spiro atoms. The number of benzene rings is 1. The third-order valence-electron chi connectivity index (χ3n) is 3.81. The molecule has 4 nitrogen and oxygen atoms in total. The summed E-state index contributed by atoms with van der Waals surface area (Å²) >= 11 is 1.62. The Morgan fingerprint density at radius 2 is 2.23 bits per heavy atom. The average molecular weight is 314 g/mol. The summed E-state index contributed by atoms with van der Waals surface area (Å²) in [7, 11) is 0. The van der Waals surface area contributed by atoms with E-state index in [0.717, 1.165) is 17.7 Å². The highest BCUT2D eigenvalue weighted by atomic mass is 32.1. The first-order valence-corrected chi connectivity index (χ1v) is 7.65. The molecule has 1 aliphatic carbocycles. The molecule has 0 atom stereocenters. The van der Waals surface area contributed by atoms with E-state index in [-0.39, 0.29) is 5.56 Å². The zero-order valence-corrected chi connectivity index (χ0v) is 12.2. The van der Waals surface area contributed by atoms with E-state index < -0.39 is 11.8 Å². The van der Waals surface area contributed by atoms with Gasteiger partial charge in [0.15, 0.2) is 0 Å². The Hall–Kier alpha value is -2.47. The fourth-order valence-corrected chi connectivity index (χ4v) is 3.86. The SMILES string of the molecule is O=C(O)c1cc2c(-c3cc4c(s3)C=CCC4)n[nH]c2cc1F. The van der Waals surface area contributed by atoms with E-state index in [1.807, 2.05) is 0 Å². The summed E-state index contributed by atoms with van der Waals surface area (Å²) in [6.07, 6.45) is 6.27. The number of thiophene rings is 1. The quantitative estimate of drug-likeness (QED) is 0.749. The number of aromatic nitrogens is 2. The van der Waals surface area contributed by atoms with Crippen LogP contribution in [-0.4, -0.2) is 21.3 Å². The van der Waals surface area contributed by atoms with Gasteiger partial charge in [0.2, 0.25) is 0 Å². The fourth-order valence-electron chi connectivity index (χ4n) is 2.71. The monoisotopic (exact) mass is 314 g/mol.